The fraction of sp³-hybridized carbons (Fsp3) is 0.385. The van der Waals surface area contributed by atoms with Gasteiger partial charge in [0.05, 0.1) is 26.0 Å². The van der Waals surface area contributed by atoms with Gasteiger partial charge in [-0.15, -0.1) is 0 Å². The Bertz CT molecular complexity index is 515. The van der Waals surface area contributed by atoms with Crippen LogP contribution in [0.3, 0.4) is 0 Å². The van der Waals surface area contributed by atoms with Gasteiger partial charge in [-0.25, -0.2) is 9.18 Å². The number of carbonyl (C=O) groups is 2. The maximum absolute atomic E-state index is 14.0. The molecule has 1 aromatic carbocycles. The van der Waals surface area contributed by atoms with Crippen LogP contribution in [0.2, 0.25) is 0 Å². The number of nitrogens with one attached hydrogen (secondary N) is 1. The Morgan fingerprint density at radius 2 is 2.05 bits per heavy atom. The van der Waals surface area contributed by atoms with Gasteiger partial charge in [0.15, 0.2) is 0 Å². The number of amides is 1. The summed E-state index contributed by atoms with van der Waals surface area (Å²) in [5, 5.41) is 2.27. The molecule has 1 N–H and O–H groups in total. The monoisotopic (exact) mass is 282 g/mol. The van der Waals surface area contributed by atoms with Crippen LogP contribution in [-0.4, -0.2) is 45.3 Å². The first-order chi connectivity index (χ1) is 9.61. The average molecular weight is 282 g/mol. The number of methoxy groups -OCH3 is 1. The van der Waals surface area contributed by atoms with E-state index in [1.54, 1.807) is 6.07 Å². The van der Waals surface area contributed by atoms with E-state index in [4.69, 9.17) is 4.74 Å². The molecule has 20 heavy (non-hydrogen) atoms. The van der Waals surface area contributed by atoms with Gasteiger partial charge in [0.1, 0.15) is 5.82 Å². The van der Waals surface area contributed by atoms with Crippen LogP contribution < -0.4 is 10.2 Å². The first-order valence-electron chi connectivity index (χ1n) is 6.13. The number of benzene rings is 1. The number of nitrogens with zero attached hydrogens (tertiary/aromatic N) is 1. The summed E-state index contributed by atoms with van der Waals surface area (Å²) in [5.74, 6) is -2.43. The Labute approximate surface area is 115 Å². The van der Waals surface area contributed by atoms with Gasteiger partial charge in [0.2, 0.25) is 0 Å². The second kappa shape index (κ2) is 6.33. The molecular formula is C13H15FN2O4. The molecule has 0 aliphatic carbocycles. The lowest BCUT2D eigenvalue weighted by Gasteiger charge is -2.29. The topological polar surface area (TPSA) is 67.9 Å². The van der Waals surface area contributed by atoms with Gasteiger partial charge in [0, 0.05) is 18.8 Å². The lowest BCUT2D eigenvalue weighted by Crippen LogP contribution is -2.36. The van der Waals surface area contributed by atoms with Crippen molar-refractivity contribution in [1.82, 2.24) is 0 Å². The summed E-state index contributed by atoms with van der Waals surface area (Å²) < 4.78 is 23.5. The molecule has 1 aliphatic rings. The predicted octanol–water partition coefficient (Wildman–Crippen LogP) is 0.774. The SMILES string of the molecule is COC(=O)C(=O)Nc1ccc(N2CCOCC2)c(F)c1. The molecule has 0 atom stereocenters. The van der Waals surface area contributed by atoms with Crippen molar-refractivity contribution in [3.05, 3.63) is 24.0 Å². The van der Waals surface area contributed by atoms with E-state index in [9.17, 15) is 14.0 Å². The predicted molar refractivity (Wildman–Crippen MR) is 70.1 cm³/mol. The highest BCUT2D eigenvalue weighted by Gasteiger charge is 2.17. The molecular weight excluding hydrogens is 267 g/mol. The number of rotatable bonds is 2. The highest BCUT2D eigenvalue weighted by Crippen LogP contribution is 2.23. The van der Waals surface area contributed by atoms with Gasteiger partial charge in [-0.3, -0.25) is 4.79 Å². The second-order valence-electron chi connectivity index (χ2n) is 4.21. The molecule has 1 heterocycles. The van der Waals surface area contributed by atoms with E-state index in [-0.39, 0.29) is 5.69 Å². The zero-order valence-corrected chi connectivity index (χ0v) is 11.0. The number of hydrogen-bond acceptors (Lipinski definition) is 5. The molecule has 0 aromatic heterocycles. The van der Waals surface area contributed by atoms with Crippen molar-refractivity contribution in [2.75, 3.05) is 43.6 Å². The fourth-order valence-electron chi connectivity index (χ4n) is 1.92. The van der Waals surface area contributed by atoms with E-state index in [0.29, 0.717) is 32.0 Å². The van der Waals surface area contributed by atoms with Crippen molar-refractivity contribution in [3.8, 4) is 0 Å². The van der Waals surface area contributed by atoms with E-state index < -0.39 is 17.7 Å². The third kappa shape index (κ3) is 3.24. The zero-order valence-electron chi connectivity index (χ0n) is 11.0. The molecule has 1 amide bonds. The Morgan fingerprint density at radius 3 is 2.65 bits per heavy atom. The quantitative estimate of drug-likeness (QED) is 0.641. The van der Waals surface area contributed by atoms with Crippen LogP contribution in [-0.2, 0) is 19.1 Å². The van der Waals surface area contributed by atoms with Crippen molar-refractivity contribution < 1.29 is 23.5 Å². The molecule has 7 heteroatoms. The van der Waals surface area contributed by atoms with Crippen molar-refractivity contribution in [1.29, 1.82) is 0 Å². The van der Waals surface area contributed by atoms with Crippen LogP contribution in [0.5, 0.6) is 0 Å². The number of morpholine rings is 1. The number of carbonyl (C=O) groups excluding carboxylic acids is 2. The molecule has 0 unspecified atom stereocenters. The highest BCUT2D eigenvalue weighted by molar-refractivity contribution is 6.37. The molecule has 0 radical (unpaired) electrons. The zero-order chi connectivity index (χ0) is 14.5. The first kappa shape index (κ1) is 14.3. The van der Waals surface area contributed by atoms with Crippen molar-refractivity contribution in [2.24, 2.45) is 0 Å². The molecule has 1 fully saturated rings. The summed E-state index contributed by atoms with van der Waals surface area (Å²) in [6.45, 7) is 2.34. The molecule has 1 aliphatic heterocycles. The Morgan fingerprint density at radius 1 is 1.35 bits per heavy atom. The first-order valence-corrected chi connectivity index (χ1v) is 6.13. The van der Waals surface area contributed by atoms with E-state index in [2.05, 4.69) is 10.1 Å². The van der Waals surface area contributed by atoms with Gasteiger partial charge >= 0.3 is 11.9 Å². The standard InChI is InChI=1S/C13H15FN2O4/c1-19-13(18)12(17)15-9-2-3-11(10(14)8-9)16-4-6-20-7-5-16/h2-3,8H,4-7H2,1H3,(H,15,17). The van der Waals surface area contributed by atoms with Crippen LogP contribution >= 0.6 is 0 Å². The van der Waals surface area contributed by atoms with Gasteiger partial charge in [-0.1, -0.05) is 0 Å². The highest BCUT2D eigenvalue weighted by atomic mass is 19.1. The maximum Gasteiger partial charge on any atom is 0.396 e. The normalized spacial score (nSPS) is 14.8. The second-order valence-corrected chi connectivity index (χ2v) is 4.21. The van der Waals surface area contributed by atoms with Crippen molar-refractivity contribution in [2.45, 2.75) is 0 Å². The maximum atomic E-state index is 14.0. The third-order valence-corrected chi connectivity index (χ3v) is 2.93. The smallest absolute Gasteiger partial charge is 0.396 e. The summed E-state index contributed by atoms with van der Waals surface area (Å²) >= 11 is 0. The van der Waals surface area contributed by atoms with Crippen LogP contribution in [0.4, 0.5) is 15.8 Å². The Hall–Kier alpha value is -2.15. The fourth-order valence-corrected chi connectivity index (χ4v) is 1.92. The Balaban J connectivity index is 2.09. The summed E-state index contributed by atoms with van der Waals surface area (Å²) in [4.78, 5) is 24.1. The molecule has 108 valence electrons. The largest absolute Gasteiger partial charge is 0.462 e. The summed E-state index contributed by atoms with van der Waals surface area (Å²) in [7, 11) is 1.10. The number of ether oxygens (including phenoxy) is 2. The van der Waals surface area contributed by atoms with E-state index in [1.165, 1.54) is 12.1 Å². The number of halogens is 1. The van der Waals surface area contributed by atoms with Gasteiger partial charge in [0.25, 0.3) is 0 Å². The van der Waals surface area contributed by atoms with Crippen LogP contribution in [0, 0.1) is 5.82 Å². The van der Waals surface area contributed by atoms with Gasteiger partial charge in [-0.2, -0.15) is 0 Å². The summed E-state index contributed by atoms with van der Waals surface area (Å²) in [6.07, 6.45) is 0. The molecule has 0 saturated carbocycles. The minimum atomic E-state index is -1.03. The molecule has 0 bridgehead atoms. The molecule has 6 nitrogen and oxygen atoms in total. The average Bonchev–Trinajstić information content (AvgIpc) is 2.47. The Kier molecular flexibility index (Phi) is 4.52. The van der Waals surface area contributed by atoms with E-state index in [0.717, 1.165) is 7.11 Å². The summed E-state index contributed by atoms with van der Waals surface area (Å²) in [5.41, 5.74) is 0.652. The van der Waals surface area contributed by atoms with Gasteiger partial charge < -0.3 is 19.7 Å². The minimum absolute atomic E-state index is 0.204. The van der Waals surface area contributed by atoms with Crippen LogP contribution in [0.25, 0.3) is 0 Å². The van der Waals surface area contributed by atoms with E-state index in [1.807, 2.05) is 4.90 Å². The third-order valence-electron chi connectivity index (χ3n) is 2.93. The lowest BCUT2D eigenvalue weighted by atomic mass is 10.2. The molecule has 2 rings (SSSR count). The minimum Gasteiger partial charge on any atom is -0.462 e. The summed E-state index contributed by atoms with van der Waals surface area (Å²) in [6, 6.07) is 4.27. The number of esters is 1. The van der Waals surface area contributed by atoms with E-state index >= 15 is 0 Å². The van der Waals surface area contributed by atoms with Crippen molar-refractivity contribution >= 4 is 23.3 Å². The molecule has 0 spiro atoms. The van der Waals surface area contributed by atoms with Gasteiger partial charge in [-0.05, 0) is 18.2 Å². The lowest BCUT2D eigenvalue weighted by molar-refractivity contribution is -0.150. The van der Waals surface area contributed by atoms with Crippen LogP contribution in [0.15, 0.2) is 18.2 Å². The van der Waals surface area contributed by atoms with Crippen LogP contribution in [0.1, 0.15) is 0 Å². The van der Waals surface area contributed by atoms with Crippen molar-refractivity contribution in [3.63, 3.8) is 0 Å². The molecule has 1 saturated heterocycles. The number of hydrogen-bond donors (Lipinski definition) is 1. The number of anilines is 2. The molecule has 1 aromatic rings.